The Morgan fingerprint density at radius 1 is 0.968 bits per heavy atom. The van der Waals surface area contributed by atoms with Crippen LogP contribution >= 0.6 is 0 Å². The molecule has 2 aromatic carbocycles. The fraction of sp³-hybridized carbons (Fsp3) is 0.238. The number of fused-ring (bicyclic) bond motifs is 1. The fourth-order valence-electron chi connectivity index (χ4n) is 3.81. The van der Waals surface area contributed by atoms with Crippen molar-refractivity contribution in [3.63, 3.8) is 0 Å². The van der Waals surface area contributed by atoms with E-state index in [9.17, 15) is 25.0 Å². The molecule has 10 nitrogen and oxygen atoms in total. The Kier molecular flexibility index (Phi) is 5.20. The number of piperazine rings is 1. The van der Waals surface area contributed by atoms with Gasteiger partial charge in [0.15, 0.2) is 5.52 Å². The van der Waals surface area contributed by atoms with Gasteiger partial charge in [-0.3, -0.25) is 25.0 Å². The first-order valence-corrected chi connectivity index (χ1v) is 9.68. The van der Waals surface area contributed by atoms with Gasteiger partial charge >= 0.3 is 0 Å². The number of carbonyl (C=O) groups excluding carboxylic acids is 1. The van der Waals surface area contributed by atoms with Crippen LogP contribution in [0.3, 0.4) is 0 Å². The van der Waals surface area contributed by atoms with Crippen LogP contribution in [0.2, 0.25) is 0 Å². The van der Waals surface area contributed by atoms with E-state index in [4.69, 9.17) is 0 Å². The normalized spacial score (nSPS) is 14.0. The van der Waals surface area contributed by atoms with Crippen LogP contribution in [0.4, 0.5) is 17.1 Å². The van der Waals surface area contributed by atoms with Crippen LogP contribution in [0.5, 0.6) is 0 Å². The average Bonchev–Trinajstić information content (AvgIpc) is 2.77. The molecule has 1 aliphatic heterocycles. The van der Waals surface area contributed by atoms with E-state index in [2.05, 4.69) is 9.88 Å². The first kappa shape index (κ1) is 20.2. The predicted molar refractivity (Wildman–Crippen MR) is 114 cm³/mol. The Bertz CT molecular complexity index is 1190. The monoisotopic (exact) mass is 421 g/mol. The van der Waals surface area contributed by atoms with Gasteiger partial charge in [-0.2, -0.15) is 0 Å². The minimum atomic E-state index is -0.502. The number of hydrogen-bond donors (Lipinski definition) is 0. The van der Waals surface area contributed by atoms with E-state index in [1.54, 1.807) is 17.9 Å². The predicted octanol–water partition coefficient (Wildman–Crippen LogP) is 3.32. The first-order valence-electron chi connectivity index (χ1n) is 9.68. The molecule has 3 aromatic rings. The summed E-state index contributed by atoms with van der Waals surface area (Å²) in [6.45, 7) is 3.84. The molecule has 4 rings (SSSR count). The highest BCUT2D eigenvalue weighted by Crippen LogP contribution is 2.32. The van der Waals surface area contributed by atoms with Gasteiger partial charge in [-0.05, 0) is 25.1 Å². The minimum Gasteiger partial charge on any atom is -0.367 e. The standard InChI is InChI=1S/C21H19N5O5/c1-14-13-19(17-3-2-4-18(26(30)31)20(17)22-14)23-9-11-24(12-10-23)21(27)15-5-7-16(8-6-15)25(28)29/h2-8,13H,9-12H2,1H3. The molecule has 10 heteroatoms. The number of carbonyl (C=O) groups is 1. The van der Waals surface area contributed by atoms with Crippen molar-refractivity contribution in [3.8, 4) is 0 Å². The molecule has 0 atom stereocenters. The molecule has 31 heavy (non-hydrogen) atoms. The van der Waals surface area contributed by atoms with Gasteiger partial charge in [0.05, 0.1) is 9.85 Å². The van der Waals surface area contributed by atoms with Crippen molar-refractivity contribution in [1.29, 1.82) is 0 Å². The van der Waals surface area contributed by atoms with Crippen molar-refractivity contribution < 1.29 is 14.6 Å². The summed E-state index contributed by atoms with van der Waals surface area (Å²) in [6, 6.07) is 12.4. The molecule has 0 radical (unpaired) electrons. The molecule has 1 fully saturated rings. The van der Waals surface area contributed by atoms with Crippen LogP contribution in [-0.4, -0.2) is 51.8 Å². The van der Waals surface area contributed by atoms with Gasteiger partial charge in [0, 0.05) is 66.7 Å². The number of anilines is 1. The Labute approximate surface area is 177 Å². The average molecular weight is 421 g/mol. The summed E-state index contributed by atoms with van der Waals surface area (Å²) in [6.07, 6.45) is 0. The van der Waals surface area contributed by atoms with Crippen molar-refractivity contribution in [2.24, 2.45) is 0 Å². The van der Waals surface area contributed by atoms with Crippen molar-refractivity contribution in [2.75, 3.05) is 31.1 Å². The summed E-state index contributed by atoms with van der Waals surface area (Å²) in [5, 5.41) is 22.9. The Morgan fingerprint density at radius 3 is 2.26 bits per heavy atom. The topological polar surface area (TPSA) is 123 Å². The van der Waals surface area contributed by atoms with E-state index in [1.807, 2.05) is 12.1 Å². The van der Waals surface area contributed by atoms with Crippen LogP contribution < -0.4 is 4.90 Å². The van der Waals surface area contributed by atoms with E-state index >= 15 is 0 Å². The lowest BCUT2D eigenvalue weighted by Gasteiger charge is -2.36. The van der Waals surface area contributed by atoms with Gasteiger partial charge in [0.25, 0.3) is 17.3 Å². The Hall–Kier alpha value is -4.08. The summed E-state index contributed by atoms with van der Waals surface area (Å²) < 4.78 is 0. The third-order valence-corrected chi connectivity index (χ3v) is 5.35. The van der Waals surface area contributed by atoms with Gasteiger partial charge in [-0.15, -0.1) is 0 Å². The number of non-ortho nitro benzene ring substituents is 2. The lowest BCUT2D eigenvalue weighted by Crippen LogP contribution is -2.48. The molecule has 1 amide bonds. The summed E-state index contributed by atoms with van der Waals surface area (Å²) in [7, 11) is 0. The quantitative estimate of drug-likeness (QED) is 0.468. The maximum atomic E-state index is 12.8. The Balaban J connectivity index is 1.54. The first-order chi connectivity index (χ1) is 14.8. The van der Waals surface area contributed by atoms with Crippen LogP contribution in [0.25, 0.3) is 10.9 Å². The molecule has 158 valence electrons. The molecule has 1 aromatic heterocycles. The number of pyridine rings is 1. The molecule has 1 saturated heterocycles. The fourth-order valence-corrected chi connectivity index (χ4v) is 3.81. The third kappa shape index (κ3) is 3.87. The molecule has 0 bridgehead atoms. The maximum Gasteiger partial charge on any atom is 0.295 e. The second kappa shape index (κ2) is 7.98. The molecular formula is C21H19N5O5. The van der Waals surface area contributed by atoms with E-state index < -0.39 is 9.85 Å². The minimum absolute atomic E-state index is 0.0329. The number of benzene rings is 2. The molecular weight excluding hydrogens is 402 g/mol. The van der Waals surface area contributed by atoms with Crippen LogP contribution in [0, 0.1) is 27.2 Å². The van der Waals surface area contributed by atoms with Gasteiger partial charge in [-0.25, -0.2) is 4.98 Å². The maximum absolute atomic E-state index is 12.8. The molecule has 0 unspecified atom stereocenters. The summed E-state index contributed by atoms with van der Waals surface area (Å²) in [5.74, 6) is -0.180. The lowest BCUT2D eigenvalue weighted by atomic mass is 10.1. The molecule has 2 heterocycles. The van der Waals surface area contributed by atoms with Gasteiger partial charge in [-0.1, -0.05) is 12.1 Å². The number of aromatic nitrogens is 1. The number of nitro groups is 2. The highest BCUT2D eigenvalue weighted by molar-refractivity contribution is 5.97. The van der Waals surface area contributed by atoms with E-state index in [-0.39, 0.29) is 17.3 Å². The third-order valence-electron chi connectivity index (χ3n) is 5.35. The SMILES string of the molecule is Cc1cc(N2CCN(C(=O)c3ccc([N+](=O)[O-])cc3)CC2)c2cccc([N+](=O)[O-])c2n1. The molecule has 0 saturated carbocycles. The zero-order valence-corrected chi connectivity index (χ0v) is 16.7. The molecule has 0 N–H and O–H groups in total. The summed E-state index contributed by atoms with van der Waals surface area (Å²) in [5.41, 5.74) is 2.20. The number of aryl methyl sites for hydroxylation is 1. The second-order valence-electron chi connectivity index (χ2n) is 7.30. The number of hydrogen-bond acceptors (Lipinski definition) is 7. The van der Waals surface area contributed by atoms with Crippen molar-refractivity contribution in [1.82, 2.24) is 9.88 Å². The van der Waals surface area contributed by atoms with Crippen molar-refractivity contribution in [3.05, 3.63) is 80.0 Å². The summed E-state index contributed by atoms with van der Waals surface area (Å²) in [4.78, 5) is 42.2. The Morgan fingerprint density at radius 2 is 1.65 bits per heavy atom. The number of para-hydroxylation sites is 1. The van der Waals surface area contributed by atoms with Crippen LogP contribution in [0.15, 0.2) is 48.5 Å². The number of amides is 1. The second-order valence-corrected chi connectivity index (χ2v) is 7.30. The summed E-state index contributed by atoms with van der Waals surface area (Å²) >= 11 is 0. The number of rotatable bonds is 4. The number of nitro benzene ring substituents is 2. The molecule has 0 spiro atoms. The van der Waals surface area contributed by atoms with E-state index in [0.29, 0.717) is 48.3 Å². The van der Waals surface area contributed by atoms with Gasteiger partial charge in [0.1, 0.15) is 0 Å². The highest BCUT2D eigenvalue weighted by atomic mass is 16.6. The zero-order chi connectivity index (χ0) is 22.1. The van der Waals surface area contributed by atoms with E-state index in [1.165, 1.54) is 30.3 Å². The number of nitrogens with zero attached hydrogens (tertiary/aromatic N) is 5. The van der Waals surface area contributed by atoms with Crippen LogP contribution in [-0.2, 0) is 0 Å². The van der Waals surface area contributed by atoms with Crippen LogP contribution in [0.1, 0.15) is 16.1 Å². The van der Waals surface area contributed by atoms with Crippen molar-refractivity contribution >= 4 is 33.9 Å². The molecule has 1 aliphatic rings. The van der Waals surface area contributed by atoms with E-state index in [0.717, 1.165) is 5.69 Å². The zero-order valence-electron chi connectivity index (χ0n) is 16.7. The van der Waals surface area contributed by atoms with Gasteiger partial charge < -0.3 is 9.80 Å². The largest absolute Gasteiger partial charge is 0.367 e. The smallest absolute Gasteiger partial charge is 0.295 e. The van der Waals surface area contributed by atoms with Crippen molar-refractivity contribution in [2.45, 2.75) is 6.92 Å². The highest BCUT2D eigenvalue weighted by Gasteiger charge is 2.25. The molecule has 0 aliphatic carbocycles. The van der Waals surface area contributed by atoms with Gasteiger partial charge in [0.2, 0.25) is 0 Å². The lowest BCUT2D eigenvalue weighted by molar-refractivity contribution is -0.384.